The molecular weight excluding hydrogens is 949 g/mol. The number of aliphatic hydroxyl groups is 3. The van der Waals surface area contributed by atoms with Crippen molar-refractivity contribution in [2.24, 2.45) is 0 Å². The van der Waals surface area contributed by atoms with Crippen molar-refractivity contribution in [3.8, 4) is 23.0 Å². The molecule has 4 aromatic carbocycles. The van der Waals surface area contributed by atoms with E-state index < -0.39 is 5.97 Å². The minimum absolute atomic E-state index is 0.0997. The summed E-state index contributed by atoms with van der Waals surface area (Å²) in [6.45, 7) is 15.6. The van der Waals surface area contributed by atoms with Gasteiger partial charge in [0.25, 0.3) is 0 Å². The molecule has 0 fully saturated rings. The first kappa shape index (κ1) is 62.0. The first-order valence-corrected chi connectivity index (χ1v) is 30.0. The summed E-state index contributed by atoms with van der Waals surface area (Å²) in [5, 5.41) is 30.6. The summed E-state index contributed by atoms with van der Waals surface area (Å²) in [7, 11) is 0. The highest BCUT2D eigenvalue weighted by molar-refractivity contribution is 5.81. The van der Waals surface area contributed by atoms with Crippen LogP contribution in [-0.2, 0) is 60.9 Å². The van der Waals surface area contributed by atoms with Crippen molar-refractivity contribution in [1.82, 2.24) is 0 Å². The van der Waals surface area contributed by atoms with Gasteiger partial charge in [0.15, 0.2) is 0 Å². The minimum Gasteiger partial charge on any atom is -0.493 e. The van der Waals surface area contributed by atoms with Gasteiger partial charge in [-0.15, -0.1) is 0 Å². The van der Waals surface area contributed by atoms with Crippen LogP contribution in [0.4, 0.5) is 0 Å². The predicted molar refractivity (Wildman–Crippen MR) is 311 cm³/mol. The number of benzene rings is 4. The number of ether oxygens (including phenoxy) is 5. The number of aliphatic hydroxyl groups excluding tert-OH is 3. The fraction of sp³-hybridized carbons (Fsp3) is 0.597. The molecule has 76 heavy (non-hydrogen) atoms. The van der Waals surface area contributed by atoms with Gasteiger partial charge in [-0.3, -0.25) is 0 Å². The second-order valence-electron chi connectivity index (χ2n) is 21.3. The molecule has 8 bridgehead atoms. The molecule has 0 unspecified atom stereocenters. The average molecular weight is 1050 g/mol. The van der Waals surface area contributed by atoms with Gasteiger partial charge in [-0.1, -0.05) is 160 Å². The molecule has 9 heteroatoms. The van der Waals surface area contributed by atoms with Gasteiger partial charge in [0, 0.05) is 51.6 Å². The Labute approximate surface area is 459 Å². The molecule has 0 saturated carbocycles. The summed E-state index contributed by atoms with van der Waals surface area (Å²) in [4.78, 5) is 12.2. The zero-order valence-electron chi connectivity index (χ0n) is 47.7. The van der Waals surface area contributed by atoms with Gasteiger partial charge in [0.2, 0.25) is 0 Å². The molecule has 9 nitrogen and oxygen atoms in total. The van der Waals surface area contributed by atoms with Crippen LogP contribution in [0, 0.1) is 0 Å². The van der Waals surface area contributed by atoms with Crippen LogP contribution in [0.3, 0.4) is 0 Å². The third-order valence-electron chi connectivity index (χ3n) is 14.6. The number of hydrogen-bond acceptors (Lipinski definition) is 9. The molecule has 0 heterocycles. The molecule has 0 aromatic heterocycles. The van der Waals surface area contributed by atoms with E-state index in [-0.39, 0.29) is 26.4 Å². The van der Waals surface area contributed by atoms with Crippen molar-refractivity contribution in [1.29, 1.82) is 0 Å². The van der Waals surface area contributed by atoms with Gasteiger partial charge in [-0.25, -0.2) is 4.79 Å². The van der Waals surface area contributed by atoms with Crippen molar-refractivity contribution >= 4 is 5.97 Å². The Kier molecular flexibility index (Phi) is 29.6. The first-order valence-electron chi connectivity index (χ1n) is 30.0. The van der Waals surface area contributed by atoms with E-state index in [0.717, 1.165) is 206 Å². The smallest absolute Gasteiger partial charge is 0.330 e. The maximum atomic E-state index is 12.2. The van der Waals surface area contributed by atoms with E-state index >= 15 is 0 Å². The number of hydrogen-bond donors (Lipinski definition) is 3. The topological polar surface area (TPSA) is 124 Å². The summed E-state index contributed by atoms with van der Waals surface area (Å²) in [6.07, 6.45) is 26.3. The molecular formula is C67H98O9. The van der Waals surface area contributed by atoms with Gasteiger partial charge in [0.05, 0.1) is 33.0 Å². The summed E-state index contributed by atoms with van der Waals surface area (Å²) in [5.74, 6) is 3.20. The molecule has 0 radical (unpaired) electrons. The Hall–Kier alpha value is -4.83. The Morgan fingerprint density at radius 1 is 0.382 bits per heavy atom. The molecule has 0 spiro atoms. The van der Waals surface area contributed by atoms with Crippen molar-refractivity contribution in [3.05, 3.63) is 128 Å². The second kappa shape index (κ2) is 36.3. The quantitative estimate of drug-likeness (QED) is 0.0201. The Balaban J connectivity index is 1.89. The highest BCUT2D eigenvalue weighted by Gasteiger charge is 2.25. The van der Waals surface area contributed by atoms with E-state index in [4.69, 9.17) is 23.7 Å². The molecule has 1 aliphatic rings. The predicted octanol–water partition coefficient (Wildman–Crippen LogP) is 14.6. The third-order valence-corrected chi connectivity index (χ3v) is 14.6. The highest BCUT2D eigenvalue weighted by atomic mass is 16.5. The number of rotatable bonds is 38. The van der Waals surface area contributed by atoms with E-state index in [1.165, 1.54) is 11.6 Å². The second-order valence-corrected chi connectivity index (χ2v) is 21.3. The number of fused-ring (bicyclic) bond motifs is 8. The Morgan fingerprint density at radius 2 is 0.632 bits per heavy atom. The van der Waals surface area contributed by atoms with Crippen molar-refractivity contribution in [2.45, 2.75) is 207 Å². The fourth-order valence-corrected chi connectivity index (χ4v) is 10.7. The molecule has 1 aliphatic carbocycles. The SMILES string of the molecule is C=CC(=O)OCCCc1cc2c(OCCCCCC)c(c1)Cc1cc(CCCO)cc(c1OCCCCCC)Cc1cc(CCCO)cc(c1OCCCCCC)Cc1cc(CCCO)cc(c1OCCCCCC)C2. The number of unbranched alkanes of at least 4 members (excludes halogenated alkanes) is 12. The van der Waals surface area contributed by atoms with Crippen molar-refractivity contribution in [2.75, 3.05) is 52.9 Å². The van der Waals surface area contributed by atoms with Crippen molar-refractivity contribution < 1.29 is 43.8 Å². The van der Waals surface area contributed by atoms with Crippen LogP contribution in [0.5, 0.6) is 23.0 Å². The van der Waals surface area contributed by atoms with Crippen LogP contribution in [0.25, 0.3) is 0 Å². The molecule has 4 aromatic rings. The Bertz CT molecular complexity index is 2190. The minimum atomic E-state index is -0.419. The number of esters is 1. The maximum Gasteiger partial charge on any atom is 0.330 e. The van der Waals surface area contributed by atoms with Crippen molar-refractivity contribution in [3.63, 3.8) is 0 Å². The molecule has 0 atom stereocenters. The van der Waals surface area contributed by atoms with E-state index in [2.05, 4.69) is 82.8 Å². The van der Waals surface area contributed by atoms with Gasteiger partial charge in [-0.2, -0.15) is 0 Å². The van der Waals surface area contributed by atoms with Crippen LogP contribution < -0.4 is 18.9 Å². The molecule has 0 saturated heterocycles. The zero-order valence-corrected chi connectivity index (χ0v) is 47.7. The van der Waals surface area contributed by atoms with Gasteiger partial charge >= 0.3 is 5.97 Å². The largest absolute Gasteiger partial charge is 0.493 e. The lowest BCUT2D eigenvalue weighted by Crippen LogP contribution is -2.12. The summed E-state index contributed by atoms with van der Waals surface area (Å²) in [6, 6.07) is 18.5. The van der Waals surface area contributed by atoms with E-state index in [0.29, 0.717) is 84.2 Å². The summed E-state index contributed by atoms with van der Waals surface area (Å²) in [5.41, 5.74) is 13.4. The van der Waals surface area contributed by atoms with Gasteiger partial charge in [0.1, 0.15) is 23.0 Å². The molecule has 5 rings (SSSR count). The van der Waals surface area contributed by atoms with Gasteiger partial charge < -0.3 is 39.0 Å². The van der Waals surface area contributed by atoms with E-state index in [9.17, 15) is 20.1 Å². The number of carbonyl (C=O) groups excluding carboxylic acids is 1. The monoisotopic (exact) mass is 1050 g/mol. The summed E-state index contributed by atoms with van der Waals surface area (Å²) < 4.78 is 34.0. The van der Waals surface area contributed by atoms with E-state index in [1.54, 1.807) is 0 Å². The lowest BCUT2D eigenvalue weighted by Gasteiger charge is -2.25. The fourth-order valence-electron chi connectivity index (χ4n) is 10.7. The van der Waals surface area contributed by atoms with Crippen LogP contribution >= 0.6 is 0 Å². The molecule has 0 aliphatic heterocycles. The standard InChI is InChI=1S/C67H98O9/c1-6-11-15-19-34-73-64-55-39-51(27-23-31-68)40-56(64)48-58-42-53(29-25-33-70)44-60(66(58)75-36-21-17-13-8-3)50-62-46-54(30-26-38-72-63(71)10-5)45-61(67(62)76-37-22-18-14-9-4)49-59-43-52(28-24-32-69)41-57(47-55)65(59)74-35-20-16-12-7-2/h10,39-46,68-70H,5-9,11-38,47-50H2,1-4H3. The highest BCUT2D eigenvalue weighted by Crippen LogP contribution is 2.42. The van der Waals surface area contributed by atoms with E-state index in [1.807, 2.05) is 0 Å². The van der Waals surface area contributed by atoms with Gasteiger partial charge in [-0.05, 0) is 144 Å². The molecule has 3 N–H and O–H groups in total. The molecule has 0 amide bonds. The first-order chi connectivity index (χ1) is 37.3. The molecule has 420 valence electrons. The van der Waals surface area contributed by atoms with Crippen LogP contribution in [0.2, 0.25) is 0 Å². The van der Waals surface area contributed by atoms with Crippen LogP contribution in [-0.4, -0.2) is 74.1 Å². The average Bonchev–Trinajstić information content (AvgIpc) is 3.43. The van der Waals surface area contributed by atoms with Crippen LogP contribution in [0.15, 0.2) is 61.2 Å². The lowest BCUT2D eigenvalue weighted by molar-refractivity contribution is -0.137. The number of aryl methyl sites for hydroxylation is 4. The number of carbonyl (C=O) groups is 1. The van der Waals surface area contributed by atoms with Crippen LogP contribution in [0.1, 0.15) is 223 Å². The summed E-state index contributed by atoms with van der Waals surface area (Å²) >= 11 is 0. The Morgan fingerprint density at radius 3 is 0.855 bits per heavy atom. The lowest BCUT2D eigenvalue weighted by atomic mass is 9.87. The zero-order chi connectivity index (χ0) is 54.2. The normalized spacial score (nSPS) is 12.1. The maximum absolute atomic E-state index is 12.2. The third kappa shape index (κ3) is 20.8.